The minimum absolute atomic E-state index is 0.0931. The Kier molecular flexibility index (Phi) is 4.86. The number of aromatic nitrogens is 4. The van der Waals surface area contributed by atoms with Gasteiger partial charge in [0, 0.05) is 17.5 Å². The molecule has 0 saturated heterocycles. The number of aryl methyl sites for hydroxylation is 2. The van der Waals surface area contributed by atoms with Gasteiger partial charge in [-0.05, 0) is 49.2 Å². The molecule has 0 radical (unpaired) electrons. The van der Waals surface area contributed by atoms with Crippen molar-refractivity contribution in [2.75, 3.05) is 0 Å². The Morgan fingerprint density at radius 1 is 1.15 bits per heavy atom. The number of hydrogen-bond donors (Lipinski definition) is 0. The van der Waals surface area contributed by atoms with Crippen molar-refractivity contribution in [3.05, 3.63) is 64.3 Å². The number of ether oxygens (including phenoxy) is 1. The number of nitrogens with zero attached hydrogens (tertiary/aromatic N) is 4. The summed E-state index contributed by atoms with van der Waals surface area (Å²) in [5, 5.41) is 3.72. The van der Waals surface area contributed by atoms with Gasteiger partial charge in [0.25, 0.3) is 0 Å². The molecule has 0 unspecified atom stereocenters. The van der Waals surface area contributed by atoms with Crippen molar-refractivity contribution in [3.63, 3.8) is 0 Å². The molecular formula is C17H14ClF3N4O. The van der Waals surface area contributed by atoms with Crippen LogP contribution in [0.5, 0.6) is 5.88 Å². The maximum absolute atomic E-state index is 12.8. The average molecular weight is 383 g/mol. The summed E-state index contributed by atoms with van der Waals surface area (Å²) >= 11 is 5.74. The second-order valence-corrected chi connectivity index (χ2v) is 6.00. The third kappa shape index (κ3) is 3.96. The fourth-order valence-corrected chi connectivity index (χ4v) is 2.44. The molecule has 1 aromatic carbocycles. The molecule has 0 aliphatic carbocycles. The number of rotatable bonds is 4. The summed E-state index contributed by atoms with van der Waals surface area (Å²) in [6.45, 7) is 3.61. The molecule has 0 amide bonds. The van der Waals surface area contributed by atoms with Gasteiger partial charge in [-0.2, -0.15) is 23.3 Å². The van der Waals surface area contributed by atoms with E-state index in [1.54, 1.807) is 44.3 Å². The van der Waals surface area contributed by atoms with Crippen molar-refractivity contribution in [2.24, 2.45) is 0 Å². The Bertz CT molecular complexity index is 923. The zero-order valence-corrected chi connectivity index (χ0v) is 14.6. The molecular weight excluding hydrogens is 369 g/mol. The van der Waals surface area contributed by atoms with Crippen molar-refractivity contribution in [1.29, 1.82) is 0 Å². The topological polar surface area (TPSA) is 52.8 Å². The summed E-state index contributed by atoms with van der Waals surface area (Å²) < 4.78 is 45.2. The monoisotopic (exact) mass is 382 g/mol. The first-order valence-corrected chi connectivity index (χ1v) is 7.97. The van der Waals surface area contributed by atoms with E-state index in [0.29, 0.717) is 17.3 Å². The Balaban J connectivity index is 1.75. The first-order valence-electron chi connectivity index (χ1n) is 7.59. The van der Waals surface area contributed by atoms with Gasteiger partial charge in [0.05, 0.1) is 5.69 Å². The van der Waals surface area contributed by atoms with Gasteiger partial charge in [-0.15, -0.1) is 0 Å². The maximum atomic E-state index is 12.8. The van der Waals surface area contributed by atoms with Crippen molar-refractivity contribution < 1.29 is 17.9 Å². The fraction of sp³-hybridized carbons (Fsp3) is 0.235. The highest BCUT2D eigenvalue weighted by Gasteiger charge is 2.34. The van der Waals surface area contributed by atoms with Gasteiger partial charge in [-0.3, -0.25) is 0 Å². The van der Waals surface area contributed by atoms with Crippen LogP contribution >= 0.6 is 11.6 Å². The highest BCUT2D eigenvalue weighted by Crippen LogP contribution is 2.29. The largest absolute Gasteiger partial charge is 0.472 e. The smallest absolute Gasteiger partial charge is 0.435 e. The molecule has 0 saturated carbocycles. The highest BCUT2D eigenvalue weighted by molar-refractivity contribution is 6.28. The van der Waals surface area contributed by atoms with E-state index in [1.807, 2.05) is 0 Å². The third-order valence-electron chi connectivity index (χ3n) is 3.63. The number of hydrogen-bond acceptors (Lipinski definition) is 4. The standard InChI is InChI=1S/C17H14ClF3N4O/c1-10-8-22-16(18)23-15(10)26-9-12-3-5-13(6-4-12)25-11(2)7-14(24-25)17(19,20)21/h3-8H,9H2,1-2H3. The lowest BCUT2D eigenvalue weighted by Crippen LogP contribution is -2.07. The molecule has 5 nitrogen and oxygen atoms in total. The van der Waals surface area contributed by atoms with Crippen LogP contribution in [0.2, 0.25) is 5.28 Å². The SMILES string of the molecule is Cc1cnc(Cl)nc1OCc1ccc(-n2nc(C(F)(F)F)cc2C)cc1. The van der Waals surface area contributed by atoms with E-state index in [-0.39, 0.29) is 11.9 Å². The molecule has 0 aliphatic rings. The number of halogens is 4. The van der Waals surface area contributed by atoms with Gasteiger partial charge < -0.3 is 4.74 Å². The van der Waals surface area contributed by atoms with Gasteiger partial charge in [-0.1, -0.05) is 12.1 Å². The lowest BCUT2D eigenvalue weighted by atomic mass is 10.2. The van der Waals surface area contributed by atoms with E-state index in [0.717, 1.165) is 17.2 Å². The van der Waals surface area contributed by atoms with E-state index in [9.17, 15) is 13.2 Å². The Labute approximate surface area is 152 Å². The highest BCUT2D eigenvalue weighted by atomic mass is 35.5. The van der Waals surface area contributed by atoms with Gasteiger partial charge in [0.1, 0.15) is 6.61 Å². The second kappa shape index (κ2) is 6.95. The van der Waals surface area contributed by atoms with Gasteiger partial charge in [0.15, 0.2) is 5.69 Å². The zero-order valence-electron chi connectivity index (χ0n) is 13.9. The minimum atomic E-state index is -4.47. The molecule has 0 fully saturated rings. The predicted octanol–water partition coefficient (Wildman–Crippen LogP) is 4.53. The summed E-state index contributed by atoms with van der Waals surface area (Å²) in [6, 6.07) is 7.87. The Hall–Kier alpha value is -2.61. The minimum Gasteiger partial charge on any atom is -0.472 e. The van der Waals surface area contributed by atoms with Crippen LogP contribution in [-0.2, 0) is 12.8 Å². The molecule has 136 valence electrons. The molecule has 3 aromatic rings. The van der Waals surface area contributed by atoms with Crippen LogP contribution in [0.1, 0.15) is 22.5 Å². The molecule has 2 heterocycles. The molecule has 3 rings (SSSR count). The quantitative estimate of drug-likeness (QED) is 0.622. The lowest BCUT2D eigenvalue weighted by Gasteiger charge is -2.09. The second-order valence-electron chi connectivity index (χ2n) is 5.66. The normalized spacial score (nSPS) is 11.6. The van der Waals surface area contributed by atoms with Gasteiger partial charge >= 0.3 is 6.18 Å². The Morgan fingerprint density at radius 3 is 2.46 bits per heavy atom. The Morgan fingerprint density at radius 2 is 1.85 bits per heavy atom. The molecule has 0 aliphatic heterocycles. The third-order valence-corrected chi connectivity index (χ3v) is 3.81. The van der Waals surface area contributed by atoms with Crippen LogP contribution in [-0.4, -0.2) is 19.7 Å². The zero-order chi connectivity index (χ0) is 18.9. The van der Waals surface area contributed by atoms with E-state index in [4.69, 9.17) is 16.3 Å². The van der Waals surface area contributed by atoms with Crippen LogP contribution < -0.4 is 4.74 Å². The summed E-state index contributed by atoms with van der Waals surface area (Å²) in [7, 11) is 0. The predicted molar refractivity (Wildman–Crippen MR) is 89.4 cm³/mol. The van der Waals surface area contributed by atoms with E-state index in [1.165, 1.54) is 4.68 Å². The lowest BCUT2D eigenvalue weighted by molar-refractivity contribution is -0.141. The van der Waals surface area contributed by atoms with Crippen molar-refractivity contribution in [3.8, 4) is 11.6 Å². The van der Waals surface area contributed by atoms with Crippen molar-refractivity contribution in [2.45, 2.75) is 26.6 Å². The molecule has 26 heavy (non-hydrogen) atoms. The molecule has 2 aromatic heterocycles. The van der Waals surface area contributed by atoms with Crippen LogP contribution in [0, 0.1) is 13.8 Å². The molecule has 0 bridgehead atoms. The number of alkyl halides is 3. The van der Waals surface area contributed by atoms with E-state index >= 15 is 0 Å². The van der Waals surface area contributed by atoms with Gasteiger partial charge in [-0.25, -0.2) is 9.67 Å². The van der Waals surface area contributed by atoms with E-state index < -0.39 is 11.9 Å². The van der Waals surface area contributed by atoms with Crippen LogP contribution in [0.25, 0.3) is 5.69 Å². The first-order chi connectivity index (χ1) is 12.2. The van der Waals surface area contributed by atoms with E-state index in [2.05, 4.69) is 15.1 Å². The molecule has 0 atom stereocenters. The van der Waals surface area contributed by atoms with Crippen molar-refractivity contribution in [1.82, 2.24) is 19.7 Å². The molecule has 0 N–H and O–H groups in total. The van der Waals surface area contributed by atoms with Crippen LogP contribution in [0.4, 0.5) is 13.2 Å². The summed E-state index contributed by atoms with van der Waals surface area (Å²) in [6.07, 6.45) is -2.91. The van der Waals surface area contributed by atoms with Crippen molar-refractivity contribution >= 4 is 11.6 Å². The summed E-state index contributed by atoms with van der Waals surface area (Å²) in [5.41, 5.74) is 1.58. The fourth-order valence-electron chi connectivity index (χ4n) is 2.31. The average Bonchev–Trinajstić information content (AvgIpc) is 2.98. The van der Waals surface area contributed by atoms with Crippen LogP contribution in [0.3, 0.4) is 0 Å². The summed E-state index contributed by atoms with van der Waals surface area (Å²) in [5.74, 6) is 0.381. The summed E-state index contributed by atoms with van der Waals surface area (Å²) in [4.78, 5) is 7.85. The first kappa shape index (κ1) is 18.2. The van der Waals surface area contributed by atoms with Crippen LogP contribution in [0.15, 0.2) is 36.5 Å². The number of benzene rings is 1. The molecule has 9 heteroatoms. The van der Waals surface area contributed by atoms with Gasteiger partial charge in [0.2, 0.25) is 11.2 Å². The molecule has 0 spiro atoms. The maximum Gasteiger partial charge on any atom is 0.435 e.